The SMILES string of the molecule is CCOC(=O)c1ccc(NC(=O)OCc2cn(-c3cc4cc(C(=O)OCC)c(=O)[nH]c4cc3C(F)(F)F)cn2)cc1. The smallest absolute Gasteiger partial charge is 0.418 e. The molecule has 0 saturated heterocycles. The molecule has 0 aliphatic rings. The summed E-state index contributed by atoms with van der Waals surface area (Å²) < 4.78 is 57.8. The second-order valence-corrected chi connectivity index (χ2v) is 8.46. The minimum Gasteiger partial charge on any atom is -0.462 e. The van der Waals surface area contributed by atoms with Crippen molar-refractivity contribution in [3.05, 3.63) is 87.7 Å². The van der Waals surface area contributed by atoms with E-state index in [-0.39, 0.29) is 47.7 Å². The van der Waals surface area contributed by atoms with Gasteiger partial charge in [-0.05, 0) is 56.3 Å². The van der Waals surface area contributed by atoms with Crippen LogP contribution in [0.4, 0.5) is 23.7 Å². The quantitative estimate of drug-likeness (QED) is 0.226. The number of pyridine rings is 1. The van der Waals surface area contributed by atoms with Crippen LogP contribution < -0.4 is 10.9 Å². The third kappa shape index (κ3) is 6.72. The number of hydrogen-bond acceptors (Lipinski definition) is 8. The van der Waals surface area contributed by atoms with Gasteiger partial charge in [0.15, 0.2) is 0 Å². The number of ether oxygens (including phenoxy) is 3. The van der Waals surface area contributed by atoms with Gasteiger partial charge in [0.2, 0.25) is 0 Å². The number of H-pyrrole nitrogens is 1. The van der Waals surface area contributed by atoms with E-state index < -0.39 is 35.3 Å². The Bertz CT molecular complexity index is 1660. The monoisotopic (exact) mass is 572 g/mol. The summed E-state index contributed by atoms with van der Waals surface area (Å²) in [6, 6.07) is 8.93. The largest absolute Gasteiger partial charge is 0.462 e. The summed E-state index contributed by atoms with van der Waals surface area (Å²) in [7, 11) is 0. The molecular weight excluding hydrogens is 549 g/mol. The van der Waals surface area contributed by atoms with Crippen LogP contribution in [-0.4, -0.2) is 45.8 Å². The van der Waals surface area contributed by atoms with Crippen molar-refractivity contribution in [2.45, 2.75) is 26.6 Å². The first kappa shape index (κ1) is 28.9. The van der Waals surface area contributed by atoms with E-state index in [4.69, 9.17) is 14.2 Å². The first-order valence-electron chi connectivity index (χ1n) is 12.2. The van der Waals surface area contributed by atoms with Gasteiger partial charge >= 0.3 is 24.2 Å². The number of anilines is 1. The first-order valence-corrected chi connectivity index (χ1v) is 12.2. The Morgan fingerprint density at radius 1 is 0.976 bits per heavy atom. The minimum absolute atomic E-state index is 0.00818. The van der Waals surface area contributed by atoms with Crippen molar-refractivity contribution >= 4 is 34.6 Å². The van der Waals surface area contributed by atoms with Crippen molar-refractivity contribution in [2.24, 2.45) is 0 Å². The number of nitrogens with zero attached hydrogens (tertiary/aromatic N) is 2. The molecule has 0 unspecified atom stereocenters. The van der Waals surface area contributed by atoms with Crippen molar-refractivity contribution in [1.82, 2.24) is 14.5 Å². The van der Waals surface area contributed by atoms with Gasteiger partial charge in [-0.2, -0.15) is 13.2 Å². The summed E-state index contributed by atoms with van der Waals surface area (Å²) in [5.41, 5.74) is -2.01. The van der Waals surface area contributed by atoms with Crippen LogP contribution in [0.3, 0.4) is 0 Å². The molecule has 1 amide bonds. The zero-order valence-corrected chi connectivity index (χ0v) is 21.7. The van der Waals surface area contributed by atoms with Gasteiger partial charge in [-0.3, -0.25) is 10.1 Å². The molecule has 0 aliphatic carbocycles. The molecule has 14 heteroatoms. The molecule has 11 nitrogen and oxygen atoms in total. The molecule has 41 heavy (non-hydrogen) atoms. The zero-order chi connectivity index (χ0) is 29.7. The fraction of sp³-hybridized carbons (Fsp3) is 0.222. The average molecular weight is 572 g/mol. The normalized spacial score (nSPS) is 11.2. The van der Waals surface area contributed by atoms with Gasteiger partial charge in [-0.1, -0.05) is 0 Å². The van der Waals surface area contributed by atoms with E-state index in [1.807, 2.05) is 0 Å². The summed E-state index contributed by atoms with van der Waals surface area (Å²) in [6.45, 7) is 3.09. The molecular formula is C27H23F3N4O7. The Balaban J connectivity index is 1.53. The van der Waals surface area contributed by atoms with Gasteiger partial charge < -0.3 is 23.8 Å². The van der Waals surface area contributed by atoms with Gasteiger partial charge in [-0.15, -0.1) is 0 Å². The highest BCUT2D eigenvalue weighted by molar-refractivity contribution is 5.94. The van der Waals surface area contributed by atoms with Crippen LogP contribution in [0.2, 0.25) is 0 Å². The lowest BCUT2D eigenvalue weighted by Gasteiger charge is -2.15. The lowest BCUT2D eigenvalue weighted by Crippen LogP contribution is -2.20. The second kappa shape index (κ2) is 11.9. The van der Waals surface area contributed by atoms with Crippen LogP contribution in [0.15, 0.2) is 59.8 Å². The number of alkyl halides is 3. The van der Waals surface area contributed by atoms with Crippen molar-refractivity contribution in [3.63, 3.8) is 0 Å². The zero-order valence-electron chi connectivity index (χ0n) is 21.7. The van der Waals surface area contributed by atoms with Gasteiger partial charge in [0.25, 0.3) is 5.56 Å². The van der Waals surface area contributed by atoms with Gasteiger partial charge in [0.05, 0.1) is 42.0 Å². The Hall–Kier alpha value is -5.14. The number of esters is 2. The number of carbonyl (C=O) groups is 3. The minimum atomic E-state index is -4.80. The molecule has 4 rings (SSSR count). The fourth-order valence-electron chi connectivity index (χ4n) is 3.81. The highest BCUT2D eigenvalue weighted by Crippen LogP contribution is 2.36. The summed E-state index contributed by atoms with van der Waals surface area (Å²) >= 11 is 0. The molecule has 4 aromatic rings. The summed E-state index contributed by atoms with van der Waals surface area (Å²) in [6.07, 6.45) is -3.31. The number of nitrogens with one attached hydrogen (secondary N) is 2. The molecule has 0 fully saturated rings. The van der Waals surface area contributed by atoms with E-state index in [9.17, 15) is 32.3 Å². The molecule has 2 heterocycles. The standard InChI is InChI=1S/C27H23F3N4O7/c1-3-39-24(36)15-5-7-17(8-6-15)32-26(38)41-13-18-12-34(14-31-18)22-10-16-9-19(25(37)40-4-2)23(35)33-21(16)11-20(22)27(28,29)30/h5-12,14H,3-4,13H2,1-2H3,(H,32,38)(H,33,35). The highest BCUT2D eigenvalue weighted by atomic mass is 19.4. The number of aromatic nitrogens is 3. The number of hydrogen-bond donors (Lipinski definition) is 2. The molecule has 2 aromatic heterocycles. The van der Waals surface area contributed by atoms with Gasteiger partial charge in [-0.25, -0.2) is 19.4 Å². The maximum Gasteiger partial charge on any atom is 0.418 e. The van der Waals surface area contributed by atoms with Crippen molar-refractivity contribution < 1.29 is 41.8 Å². The maximum absolute atomic E-state index is 13.9. The number of aromatic amines is 1. The molecule has 0 atom stereocenters. The molecule has 0 saturated carbocycles. The lowest BCUT2D eigenvalue weighted by atomic mass is 10.1. The van der Waals surface area contributed by atoms with Crippen molar-refractivity contribution in [1.29, 1.82) is 0 Å². The molecule has 0 radical (unpaired) electrons. The van der Waals surface area contributed by atoms with Crippen LogP contribution in [0.5, 0.6) is 0 Å². The number of amides is 1. The van der Waals surface area contributed by atoms with Crippen LogP contribution in [-0.2, 0) is 27.0 Å². The molecule has 214 valence electrons. The summed E-state index contributed by atoms with van der Waals surface area (Å²) in [5, 5.41) is 2.61. The van der Waals surface area contributed by atoms with E-state index in [0.717, 1.165) is 29.1 Å². The van der Waals surface area contributed by atoms with Gasteiger partial charge in [0, 0.05) is 22.8 Å². The van der Waals surface area contributed by atoms with Crippen LogP contribution in [0.1, 0.15) is 45.8 Å². The van der Waals surface area contributed by atoms with E-state index in [0.29, 0.717) is 11.3 Å². The Kier molecular flexibility index (Phi) is 8.40. The fourth-order valence-corrected chi connectivity index (χ4v) is 3.81. The van der Waals surface area contributed by atoms with E-state index in [1.54, 1.807) is 13.8 Å². The Morgan fingerprint density at radius 2 is 1.66 bits per heavy atom. The maximum atomic E-state index is 13.9. The summed E-state index contributed by atoms with van der Waals surface area (Å²) in [4.78, 5) is 54.6. The van der Waals surface area contributed by atoms with Crippen molar-refractivity contribution in [2.75, 3.05) is 18.5 Å². The number of imidazole rings is 1. The van der Waals surface area contributed by atoms with E-state index in [2.05, 4.69) is 15.3 Å². The Morgan fingerprint density at radius 3 is 2.32 bits per heavy atom. The topological polar surface area (TPSA) is 142 Å². The number of rotatable bonds is 8. The number of benzene rings is 2. The molecule has 0 bridgehead atoms. The number of fused-ring (bicyclic) bond motifs is 1. The summed E-state index contributed by atoms with van der Waals surface area (Å²) in [5.74, 6) is -1.42. The third-order valence-corrected chi connectivity index (χ3v) is 5.67. The van der Waals surface area contributed by atoms with Crippen LogP contribution >= 0.6 is 0 Å². The third-order valence-electron chi connectivity index (χ3n) is 5.67. The van der Waals surface area contributed by atoms with E-state index in [1.165, 1.54) is 30.5 Å². The molecule has 2 aromatic carbocycles. The van der Waals surface area contributed by atoms with Crippen LogP contribution in [0.25, 0.3) is 16.6 Å². The number of carbonyl (C=O) groups excluding carboxylic acids is 3. The predicted molar refractivity (Wildman–Crippen MR) is 139 cm³/mol. The lowest BCUT2D eigenvalue weighted by molar-refractivity contribution is -0.137. The average Bonchev–Trinajstić information content (AvgIpc) is 3.40. The van der Waals surface area contributed by atoms with Gasteiger partial charge in [0.1, 0.15) is 12.2 Å². The number of halogens is 3. The first-order chi connectivity index (χ1) is 19.5. The molecule has 0 aliphatic heterocycles. The van der Waals surface area contributed by atoms with Crippen molar-refractivity contribution in [3.8, 4) is 5.69 Å². The van der Waals surface area contributed by atoms with Crippen LogP contribution in [0, 0.1) is 0 Å². The Labute approximate surface area is 229 Å². The highest BCUT2D eigenvalue weighted by Gasteiger charge is 2.35. The second-order valence-electron chi connectivity index (χ2n) is 8.46. The predicted octanol–water partition coefficient (Wildman–Crippen LogP) is 4.83. The van der Waals surface area contributed by atoms with E-state index >= 15 is 0 Å². The molecule has 0 spiro atoms. The molecule has 2 N–H and O–H groups in total.